The van der Waals surface area contributed by atoms with Crippen molar-refractivity contribution in [1.29, 1.82) is 0 Å². The van der Waals surface area contributed by atoms with Crippen LogP contribution in [-0.4, -0.2) is 60.4 Å². The van der Waals surface area contributed by atoms with Crippen LogP contribution < -0.4 is 5.73 Å². The average molecular weight is 331 g/mol. The van der Waals surface area contributed by atoms with Crippen LogP contribution in [0, 0.1) is 5.92 Å². The highest BCUT2D eigenvalue weighted by Gasteiger charge is 2.36. The molecule has 0 unspecified atom stereocenters. The first-order valence-electron chi connectivity index (χ1n) is 8.57. The van der Waals surface area contributed by atoms with Gasteiger partial charge in [0.2, 0.25) is 11.8 Å². The normalized spacial score (nSPS) is 22.2. The lowest BCUT2D eigenvalue weighted by atomic mass is 9.95. The molecule has 0 saturated carbocycles. The Morgan fingerprint density at radius 2 is 1.92 bits per heavy atom. The molecule has 24 heavy (non-hydrogen) atoms. The third-order valence-corrected chi connectivity index (χ3v) is 4.72. The lowest BCUT2D eigenvalue weighted by molar-refractivity contribution is -0.152. The van der Waals surface area contributed by atoms with Crippen molar-refractivity contribution in [3.63, 3.8) is 0 Å². The van der Waals surface area contributed by atoms with Crippen molar-refractivity contribution in [1.82, 2.24) is 9.80 Å². The molecule has 2 aliphatic rings. The molecule has 2 fully saturated rings. The van der Waals surface area contributed by atoms with Crippen LogP contribution in [0.2, 0.25) is 0 Å². The summed E-state index contributed by atoms with van der Waals surface area (Å²) >= 11 is 0. The molecule has 6 heteroatoms. The van der Waals surface area contributed by atoms with Gasteiger partial charge in [-0.3, -0.25) is 14.5 Å². The number of primary amides is 1. The molecular weight excluding hydrogens is 306 g/mol. The summed E-state index contributed by atoms with van der Waals surface area (Å²) < 4.78 is 5.84. The van der Waals surface area contributed by atoms with Crippen LogP contribution >= 0.6 is 0 Å². The summed E-state index contributed by atoms with van der Waals surface area (Å²) in [5.41, 5.74) is 6.40. The standard InChI is InChI=1S/C18H25N3O3/c19-17(22)12-20-8-4-7-15(9-20)18(23)21-10-16(11-21)24-13-14-5-2-1-3-6-14/h1-3,5-6,15-16H,4,7-13H2,(H2,19,22)/t15-/m0/s1. The number of hydrogen-bond donors (Lipinski definition) is 1. The molecule has 130 valence electrons. The van der Waals surface area contributed by atoms with Gasteiger partial charge in [-0.25, -0.2) is 0 Å². The smallest absolute Gasteiger partial charge is 0.231 e. The summed E-state index contributed by atoms with van der Waals surface area (Å²) in [6, 6.07) is 10.1. The highest BCUT2D eigenvalue weighted by Crippen LogP contribution is 2.23. The van der Waals surface area contributed by atoms with E-state index in [0.29, 0.717) is 26.2 Å². The molecule has 1 aromatic carbocycles. The van der Waals surface area contributed by atoms with Gasteiger partial charge in [0.05, 0.1) is 25.2 Å². The van der Waals surface area contributed by atoms with Crippen LogP contribution in [0.15, 0.2) is 30.3 Å². The lowest BCUT2D eigenvalue weighted by Gasteiger charge is -2.42. The summed E-state index contributed by atoms with van der Waals surface area (Å²) in [6.45, 7) is 3.63. The fraction of sp³-hybridized carbons (Fsp3) is 0.556. The molecule has 2 heterocycles. The number of amides is 2. The van der Waals surface area contributed by atoms with E-state index in [9.17, 15) is 9.59 Å². The number of nitrogens with two attached hydrogens (primary N) is 1. The Labute approximate surface area is 142 Å². The molecule has 0 spiro atoms. The van der Waals surface area contributed by atoms with Gasteiger partial charge in [-0.05, 0) is 24.9 Å². The van der Waals surface area contributed by atoms with Crippen LogP contribution in [0.1, 0.15) is 18.4 Å². The maximum atomic E-state index is 12.6. The van der Waals surface area contributed by atoms with E-state index in [1.54, 1.807) is 0 Å². The monoisotopic (exact) mass is 331 g/mol. The van der Waals surface area contributed by atoms with Crippen molar-refractivity contribution in [2.24, 2.45) is 11.7 Å². The summed E-state index contributed by atoms with van der Waals surface area (Å²) in [6.07, 6.45) is 1.95. The first-order valence-corrected chi connectivity index (χ1v) is 8.57. The molecule has 1 atom stereocenters. The Hall–Kier alpha value is -1.92. The van der Waals surface area contributed by atoms with E-state index in [-0.39, 0.29) is 30.4 Å². The quantitative estimate of drug-likeness (QED) is 0.829. The van der Waals surface area contributed by atoms with Crippen molar-refractivity contribution in [2.75, 3.05) is 32.7 Å². The summed E-state index contributed by atoms with van der Waals surface area (Å²) in [5, 5.41) is 0. The largest absolute Gasteiger partial charge is 0.370 e. The summed E-state index contributed by atoms with van der Waals surface area (Å²) in [4.78, 5) is 27.5. The molecule has 3 rings (SSSR count). The van der Waals surface area contributed by atoms with Gasteiger partial charge >= 0.3 is 0 Å². The third kappa shape index (κ3) is 4.33. The van der Waals surface area contributed by atoms with Gasteiger partial charge in [0.1, 0.15) is 0 Å². The van der Waals surface area contributed by atoms with Gasteiger partial charge < -0.3 is 15.4 Å². The minimum Gasteiger partial charge on any atom is -0.370 e. The molecule has 6 nitrogen and oxygen atoms in total. The Kier molecular flexibility index (Phi) is 5.48. The van der Waals surface area contributed by atoms with Gasteiger partial charge in [0.15, 0.2) is 0 Å². The molecule has 2 saturated heterocycles. The van der Waals surface area contributed by atoms with Crippen LogP contribution in [-0.2, 0) is 20.9 Å². The Morgan fingerprint density at radius 3 is 2.62 bits per heavy atom. The van der Waals surface area contributed by atoms with E-state index >= 15 is 0 Å². The zero-order chi connectivity index (χ0) is 16.9. The van der Waals surface area contributed by atoms with Gasteiger partial charge in [-0.2, -0.15) is 0 Å². The Balaban J connectivity index is 1.40. The number of rotatable bonds is 6. The molecule has 2 amide bonds. The minimum atomic E-state index is -0.332. The zero-order valence-electron chi connectivity index (χ0n) is 13.9. The third-order valence-electron chi connectivity index (χ3n) is 4.72. The topological polar surface area (TPSA) is 75.9 Å². The molecule has 0 bridgehead atoms. The van der Waals surface area contributed by atoms with Gasteiger partial charge in [0.25, 0.3) is 0 Å². The van der Waals surface area contributed by atoms with Gasteiger partial charge in [-0.1, -0.05) is 30.3 Å². The maximum Gasteiger partial charge on any atom is 0.231 e. The maximum absolute atomic E-state index is 12.6. The number of nitrogens with zero attached hydrogens (tertiary/aromatic N) is 2. The van der Waals surface area contributed by atoms with E-state index in [1.807, 2.05) is 40.1 Å². The predicted octanol–water partition coefficient (Wildman–Crippen LogP) is 0.611. The SMILES string of the molecule is NC(=O)CN1CCC[C@H](C(=O)N2CC(OCc3ccccc3)C2)C1. The predicted molar refractivity (Wildman–Crippen MR) is 90.0 cm³/mol. The number of carbonyl (C=O) groups is 2. The van der Waals surface area contributed by atoms with Crippen LogP contribution in [0.5, 0.6) is 0 Å². The summed E-state index contributed by atoms with van der Waals surface area (Å²) in [7, 11) is 0. The number of likely N-dealkylation sites (tertiary alicyclic amines) is 2. The molecule has 2 aliphatic heterocycles. The fourth-order valence-electron chi connectivity index (χ4n) is 3.39. The van der Waals surface area contributed by atoms with E-state index < -0.39 is 0 Å². The van der Waals surface area contributed by atoms with Crippen molar-refractivity contribution in [3.8, 4) is 0 Å². The van der Waals surface area contributed by atoms with E-state index in [2.05, 4.69) is 0 Å². The fourth-order valence-corrected chi connectivity index (χ4v) is 3.39. The van der Waals surface area contributed by atoms with Crippen molar-refractivity contribution in [2.45, 2.75) is 25.6 Å². The minimum absolute atomic E-state index is 0.0202. The van der Waals surface area contributed by atoms with E-state index in [0.717, 1.165) is 24.9 Å². The molecular formula is C18H25N3O3. The number of ether oxygens (including phenoxy) is 1. The average Bonchev–Trinajstić information content (AvgIpc) is 2.54. The Bertz CT molecular complexity index is 572. The molecule has 0 aliphatic carbocycles. The summed E-state index contributed by atoms with van der Waals surface area (Å²) in [5.74, 6) is -0.168. The Morgan fingerprint density at radius 1 is 1.17 bits per heavy atom. The van der Waals surface area contributed by atoms with Crippen LogP contribution in [0.25, 0.3) is 0 Å². The van der Waals surface area contributed by atoms with Gasteiger partial charge in [-0.15, -0.1) is 0 Å². The van der Waals surface area contributed by atoms with Crippen molar-refractivity contribution in [3.05, 3.63) is 35.9 Å². The number of hydrogen-bond acceptors (Lipinski definition) is 4. The first-order chi connectivity index (χ1) is 11.6. The molecule has 0 aromatic heterocycles. The lowest BCUT2D eigenvalue weighted by Crippen LogP contribution is -2.58. The molecule has 1 aromatic rings. The molecule has 0 radical (unpaired) electrons. The second-order valence-electron chi connectivity index (χ2n) is 6.70. The van der Waals surface area contributed by atoms with Crippen LogP contribution in [0.4, 0.5) is 0 Å². The number of benzene rings is 1. The number of piperidine rings is 1. The highest BCUT2D eigenvalue weighted by atomic mass is 16.5. The van der Waals surface area contributed by atoms with E-state index in [1.165, 1.54) is 0 Å². The molecule has 2 N–H and O–H groups in total. The van der Waals surface area contributed by atoms with Crippen molar-refractivity contribution >= 4 is 11.8 Å². The van der Waals surface area contributed by atoms with E-state index in [4.69, 9.17) is 10.5 Å². The first kappa shape index (κ1) is 16.9. The van der Waals surface area contributed by atoms with Crippen LogP contribution in [0.3, 0.4) is 0 Å². The number of carbonyl (C=O) groups excluding carboxylic acids is 2. The van der Waals surface area contributed by atoms with Gasteiger partial charge in [0, 0.05) is 19.6 Å². The highest BCUT2D eigenvalue weighted by molar-refractivity contribution is 5.80. The zero-order valence-corrected chi connectivity index (χ0v) is 13.9. The second kappa shape index (κ2) is 7.77. The van der Waals surface area contributed by atoms with Crippen molar-refractivity contribution < 1.29 is 14.3 Å². The second-order valence-corrected chi connectivity index (χ2v) is 6.70.